The fourth-order valence-corrected chi connectivity index (χ4v) is 5.23. The zero-order valence-corrected chi connectivity index (χ0v) is 21.5. The molecule has 8 nitrogen and oxygen atoms in total. The van der Waals surface area contributed by atoms with E-state index in [0.29, 0.717) is 17.5 Å². The third-order valence-corrected chi connectivity index (χ3v) is 6.79. The third-order valence-electron chi connectivity index (χ3n) is 6.79. The lowest BCUT2D eigenvalue weighted by Crippen LogP contribution is -2.60. The Labute approximate surface area is 210 Å². The van der Waals surface area contributed by atoms with Gasteiger partial charge in [-0.25, -0.2) is 9.40 Å². The standard InChI is InChI=1S/C26H32BFN3O5/c1-7-20(26(4,5)6)31(25(34)18-11-15(2)10-16(3)12-18)30-24(33)19-9-8-17-14-35-27(22(17)23(19)28)29-13-21(32)36-27/h8-12,20,29H,7,13-14H2,1-6H3,(H,30,33)/q-1. The summed E-state index contributed by atoms with van der Waals surface area (Å²) in [4.78, 5) is 38.9. The Morgan fingerprint density at radius 3 is 2.42 bits per heavy atom. The number of fused-ring (bicyclic) bond motifs is 2. The molecule has 2 amide bonds. The molecule has 0 bridgehead atoms. The first-order chi connectivity index (χ1) is 16.9. The molecule has 1 saturated heterocycles. The Bertz CT molecular complexity index is 1220. The maximum Gasteiger partial charge on any atom is 0.405 e. The minimum absolute atomic E-state index is 0.0311. The molecule has 0 radical (unpaired) electrons. The van der Waals surface area contributed by atoms with Crippen molar-refractivity contribution in [3.63, 3.8) is 0 Å². The van der Waals surface area contributed by atoms with Gasteiger partial charge in [-0.2, -0.15) is 0 Å². The van der Waals surface area contributed by atoms with Crippen molar-refractivity contribution >= 4 is 29.9 Å². The summed E-state index contributed by atoms with van der Waals surface area (Å²) in [6, 6.07) is 8.06. The van der Waals surface area contributed by atoms with Crippen molar-refractivity contribution in [3.8, 4) is 0 Å². The van der Waals surface area contributed by atoms with Crippen LogP contribution in [0.3, 0.4) is 0 Å². The summed E-state index contributed by atoms with van der Waals surface area (Å²) >= 11 is 0. The van der Waals surface area contributed by atoms with Crippen LogP contribution in [0.5, 0.6) is 0 Å². The minimum atomic E-state index is -2.54. The molecule has 0 aliphatic carbocycles. The van der Waals surface area contributed by atoms with Crippen LogP contribution in [-0.2, 0) is 20.7 Å². The Hall–Kier alpha value is -3.24. The second-order valence-corrected chi connectivity index (χ2v) is 10.7. The molecule has 2 atom stereocenters. The SMILES string of the molecule is CCC(N(NC(=O)c1ccc2c(c1F)[B-]1(NCC(=O)O1)OC2)C(=O)c1cc(C)cc(C)c1)C(C)(C)C. The number of hydrazine groups is 1. The van der Waals surface area contributed by atoms with Crippen LogP contribution in [0.2, 0.25) is 0 Å². The number of nitrogens with one attached hydrogen (secondary N) is 2. The number of hydrogen-bond donors (Lipinski definition) is 2. The van der Waals surface area contributed by atoms with Gasteiger partial charge in [0.2, 0.25) is 0 Å². The van der Waals surface area contributed by atoms with Crippen LogP contribution in [0.1, 0.15) is 71.5 Å². The molecular weight excluding hydrogens is 464 g/mol. The highest BCUT2D eigenvalue weighted by atomic mass is 19.1. The van der Waals surface area contributed by atoms with Gasteiger partial charge < -0.3 is 14.5 Å². The van der Waals surface area contributed by atoms with Crippen LogP contribution in [-0.4, -0.2) is 42.1 Å². The topological polar surface area (TPSA) is 97.0 Å². The summed E-state index contributed by atoms with van der Waals surface area (Å²) in [5, 5.41) is 4.13. The molecule has 10 heteroatoms. The van der Waals surface area contributed by atoms with Crippen molar-refractivity contribution in [2.24, 2.45) is 5.41 Å². The van der Waals surface area contributed by atoms with Crippen LogP contribution in [0.4, 0.5) is 4.39 Å². The molecule has 0 saturated carbocycles. The Morgan fingerprint density at radius 2 is 1.86 bits per heavy atom. The van der Waals surface area contributed by atoms with E-state index in [1.165, 1.54) is 11.1 Å². The van der Waals surface area contributed by atoms with Gasteiger partial charge in [0.15, 0.2) is 0 Å². The first-order valence-corrected chi connectivity index (χ1v) is 12.2. The minimum Gasteiger partial charge on any atom is -0.649 e. The smallest absolute Gasteiger partial charge is 0.405 e. The number of rotatable bonds is 4. The van der Waals surface area contributed by atoms with Gasteiger partial charge in [-0.3, -0.25) is 19.8 Å². The molecule has 2 unspecified atom stereocenters. The van der Waals surface area contributed by atoms with Gasteiger partial charge >= 0.3 is 6.69 Å². The average molecular weight is 496 g/mol. The molecule has 1 spiro atoms. The van der Waals surface area contributed by atoms with Gasteiger partial charge in [0.05, 0.1) is 18.2 Å². The van der Waals surface area contributed by atoms with Crippen molar-refractivity contribution in [1.29, 1.82) is 0 Å². The number of carbonyl (C=O) groups is 3. The summed E-state index contributed by atoms with van der Waals surface area (Å²) in [5.41, 5.74) is 4.84. The molecule has 1 fully saturated rings. The van der Waals surface area contributed by atoms with Crippen molar-refractivity contribution in [2.75, 3.05) is 6.54 Å². The van der Waals surface area contributed by atoms with E-state index in [2.05, 4.69) is 10.7 Å². The molecule has 2 aromatic carbocycles. The van der Waals surface area contributed by atoms with E-state index in [-0.39, 0.29) is 41.5 Å². The molecule has 2 N–H and O–H groups in total. The molecule has 192 valence electrons. The van der Waals surface area contributed by atoms with Gasteiger partial charge in [0, 0.05) is 12.2 Å². The Balaban J connectivity index is 1.72. The zero-order valence-electron chi connectivity index (χ0n) is 21.5. The van der Waals surface area contributed by atoms with Crippen LogP contribution in [0, 0.1) is 25.1 Å². The summed E-state index contributed by atoms with van der Waals surface area (Å²) < 4.78 is 26.7. The molecule has 2 aliphatic rings. The summed E-state index contributed by atoms with van der Waals surface area (Å²) in [6.07, 6.45) is 0.562. The molecule has 4 rings (SSSR count). The number of amides is 2. The van der Waals surface area contributed by atoms with E-state index >= 15 is 4.39 Å². The maximum atomic E-state index is 15.8. The fraction of sp³-hybridized carbons (Fsp3) is 0.423. The number of aryl methyl sites for hydroxylation is 2. The second kappa shape index (κ2) is 9.33. The van der Waals surface area contributed by atoms with Gasteiger partial charge in [-0.05, 0) is 43.9 Å². The molecule has 2 aliphatic heterocycles. The molecule has 0 aromatic heterocycles. The zero-order chi connectivity index (χ0) is 26.4. The molecule has 2 heterocycles. The highest BCUT2D eigenvalue weighted by Gasteiger charge is 2.46. The van der Waals surface area contributed by atoms with E-state index in [1.54, 1.807) is 18.2 Å². The lowest BCUT2D eigenvalue weighted by molar-refractivity contribution is -0.132. The van der Waals surface area contributed by atoms with Gasteiger partial charge in [-0.15, -0.1) is 0 Å². The lowest BCUT2D eigenvalue weighted by Gasteiger charge is -2.39. The predicted molar refractivity (Wildman–Crippen MR) is 134 cm³/mol. The highest BCUT2D eigenvalue weighted by Crippen LogP contribution is 2.29. The number of hydrogen-bond acceptors (Lipinski definition) is 6. The normalized spacial score (nSPS) is 19.7. The quantitative estimate of drug-likeness (QED) is 0.499. The number of carbonyl (C=O) groups excluding carboxylic acids is 3. The average Bonchev–Trinajstić information content (AvgIpc) is 3.34. The number of nitrogens with zero attached hydrogens (tertiary/aromatic N) is 1. The van der Waals surface area contributed by atoms with E-state index < -0.39 is 24.4 Å². The summed E-state index contributed by atoms with van der Waals surface area (Å²) in [7, 11) is 0. The fourth-order valence-electron chi connectivity index (χ4n) is 5.23. The summed E-state index contributed by atoms with van der Waals surface area (Å²) in [5.74, 6) is -2.56. The number of benzene rings is 2. The highest BCUT2D eigenvalue weighted by molar-refractivity contribution is 6.82. The van der Waals surface area contributed by atoms with Crippen LogP contribution in [0.15, 0.2) is 30.3 Å². The molecule has 2 aromatic rings. The van der Waals surface area contributed by atoms with E-state index in [4.69, 9.17) is 9.31 Å². The van der Waals surface area contributed by atoms with Crippen LogP contribution >= 0.6 is 0 Å². The second-order valence-electron chi connectivity index (χ2n) is 10.7. The maximum absolute atomic E-state index is 15.8. The van der Waals surface area contributed by atoms with Gasteiger partial charge in [0.25, 0.3) is 17.8 Å². The first-order valence-electron chi connectivity index (χ1n) is 12.2. The number of halogens is 1. The van der Waals surface area contributed by atoms with Crippen LogP contribution < -0.4 is 16.1 Å². The molecule has 36 heavy (non-hydrogen) atoms. The van der Waals surface area contributed by atoms with Gasteiger partial charge in [0.1, 0.15) is 5.82 Å². The van der Waals surface area contributed by atoms with Crippen molar-refractivity contribution in [3.05, 3.63) is 64.0 Å². The lowest BCUT2D eigenvalue weighted by atomic mass is 9.64. The van der Waals surface area contributed by atoms with Crippen molar-refractivity contribution in [2.45, 2.75) is 60.6 Å². The van der Waals surface area contributed by atoms with E-state index in [0.717, 1.165) is 11.1 Å². The third kappa shape index (κ3) is 4.63. The first kappa shape index (κ1) is 25.8. The Morgan fingerprint density at radius 1 is 1.19 bits per heavy atom. The van der Waals surface area contributed by atoms with E-state index in [9.17, 15) is 14.4 Å². The monoisotopic (exact) mass is 496 g/mol. The van der Waals surface area contributed by atoms with Crippen molar-refractivity contribution in [1.82, 2.24) is 15.7 Å². The van der Waals surface area contributed by atoms with E-state index in [1.807, 2.05) is 47.6 Å². The molecular formula is C26H32BFN3O5-. The van der Waals surface area contributed by atoms with Crippen molar-refractivity contribution < 1.29 is 28.1 Å². The summed E-state index contributed by atoms with van der Waals surface area (Å²) in [6.45, 7) is 9.08. The largest absolute Gasteiger partial charge is 0.649 e. The Kier molecular flexibility index (Phi) is 6.70. The predicted octanol–water partition coefficient (Wildman–Crippen LogP) is 2.88. The van der Waals surface area contributed by atoms with Gasteiger partial charge in [-0.1, -0.05) is 62.0 Å². The van der Waals surface area contributed by atoms with Crippen LogP contribution in [0.25, 0.3) is 0 Å².